The van der Waals surface area contributed by atoms with Gasteiger partial charge in [0.25, 0.3) is 0 Å². The Balaban J connectivity index is 2.30. The third kappa shape index (κ3) is 4.12. The van der Waals surface area contributed by atoms with Gasteiger partial charge in [-0.05, 0) is 33.7 Å². The van der Waals surface area contributed by atoms with E-state index in [1.807, 2.05) is 0 Å². The highest BCUT2D eigenvalue weighted by molar-refractivity contribution is 4.91. The van der Waals surface area contributed by atoms with Crippen molar-refractivity contribution in [3.05, 3.63) is 0 Å². The fraction of sp³-hybridized carbons (Fsp3) is 1.00. The lowest BCUT2D eigenvalue weighted by atomic mass is 9.97. The fourth-order valence-corrected chi connectivity index (χ4v) is 2.30. The van der Waals surface area contributed by atoms with Crippen molar-refractivity contribution in [3.8, 4) is 0 Å². The molecule has 0 aromatic carbocycles. The number of unbranched alkanes of at least 4 members (excludes halogenated alkanes) is 3. The summed E-state index contributed by atoms with van der Waals surface area (Å²) in [6.07, 6.45) is 5.48. The van der Waals surface area contributed by atoms with Gasteiger partial charge in [-0.2, -0.15) is 0 Å². The van der Waals surface area contributed by atoms with Gasteiger partial charge in [0.05, 0.1) is 0 Å². The van der Waals surface area contributed by atoms with Crippen LogP contribution in [0.15, 0.2) is 0 Å². The summed E-state index contributed by atoms with van der Waals surface area (Å²) in [4.78, 5) is 2.66. The highest BCUT2D eigenvalue weighted by atomic mass is 15.3. The lowest BCUT2D eigenvalue weighted by Crippen LogP contribution is -2.61. The summed E-state index contributed by atoms with van der Waals surface area (Å²) in [5, 5.41) is 3.56. The van der Waals surface area contributed by atoms with Gasteiger partial charge in [-0.15, -0.1) is 0 Å². The second-order valence-corrected chi connectivity index (χ2v) is 5.60. The van der Waals surface area contributed by atoms with Crippen LogP contribution in [0.2, 0.25) is 0 Å². The number of hydrogen-bond acceptors (Lipinski definition) is 2. The van der Waals surface area contributed by atoms with Crippen LogP contribution in [0.5, 0.6) is 0 Å². The summed E-state index contributed by atoms with van der Waals surface area (Å²) in [6.45, 7) is 12.9. The first kappa shape index (κ1) is 13.0. The van der Waals surface area contributed by atoms with Crippen molar-refractivity contribution in [2.45, 2.75) is 65.0 Å². The summed E-state index contributed by atoms with van der Waals surface area (Å²) in [6, 6.07) is 0.657. The second kappa shape index (κ2) is 5.86. The minimum absolute atomic E-state index is 0.346. The molecule has 2 nitrogen and oxygen atoms in total. The van der Waals surface area contributed by atoms with Gasteiger partial charge in [-0.1, -0.05) is 26.2 Å². The lowest BCUT2D eigenvalue weighted by molar-refractivity contribution is 0.0684. The molecule has 1 saturated heterocycles. The van der Waals surface area contributed by atoms with Crippen molar-refractivity contribution in [1.82, 2.24) is 10.2 Å². The van der Waals surface area contributed by atoms with Crippen molar-refractivity contribution in [1.29, 1.82) is 0 Å². The Bertz CT molecular complexity index is 177. The monoisotopic (exact) mass is 212 g/mol. The van der Waals surface area contributed by atoms with Crippen LogP contribution in [0.3, 0.4) is 0 Å². The average Bonchev–Trinajstić information content (AvgIpc) is 2.18. The van der Waals surface area contributed by atoms with Gasteiger partial charge in [0.1, 0.15) is 0 Å². The first-order valence-corrected chi connectivity index (χ1v) is 6.54. The quantitative estimate of drug-likeness (QED) is 0.705. The molecule has 1 heterocycles. The third-order valence-electron chi connectivity index (χ3n) is 3.52. The zero-order valence-electron chi connectivity index (χ0n) is 11.0. The van der Waals surface area contributed by atoms with Crippen molar-refractivity contribution in [2.24, 2.45) is 0 Å². The fourth-order valence-electron chi connectivity index (χ4n) is 2.30. The Hall–Kier alpha value is -0.0800. The predicted octanol–water partition coefficient (Wildman–Crippen LogP) is 2.64. The summed E-state index contributed by atoms with van der Waals surface area (Å²) in [7, 11) is 0. The molecule has 0 aromatic rings. The van der Waals surface area contributed by atoms with Crippen molar-refractivity contribution >= 4 is 0 Å². The number of hydrogen-bond donors (Lipinski definition) is 1. The van der Waals surface area contributed by atoms with Crippen molar-refractivity contribution in [3.63, 3.8) is 0 Å². The Kier molecular flexibility index (Phi) is 5.07. The number of piperazine rings is 1. The SMILES string of the molecule is CCCCCCN1CC(C)NCC1(C)C. The molecular weight excluding hydrogens is 184 g/mol. The highest BCUT2D eigenvalue weighted by Crippen LogP contribution is 2.19. The van der Waals surface area contributed by atoms with Gasteiger partial charge in [-0.25, -0.2) is 0 Å². The Labute approximate surface area is 95.4 Å². The van der Waals surface area contributed by atoms with E-state index in [-0.39, 0.29) is 0 Å². The molecule has 1 aliphatic rings. The first-order chi connectivity index (χ1) is 7.06. The molecule has 1 aliphatic heterocycles. The highest BCUT2D eigenvalue weighted by Gasteiger charge is 2.31. The smallest absolute Gasteiger partial charge is 0.0278 e. The maximum absolute atomic E-state index is 3.56. The molecule has 1 rings (SSSR count). The van der Waals surface area contributed by atoms with E-state index < -0.39 is 0 Å². The van der Waals surface area contributed by atoms with Crippen LogP contribution in [0.25, 0.3) is 0 Å². The minimum Gasteiger partial charge on any atom is -0.311 e. The molecule has 90 valence electrons. The van der Waals surface area contributed by atoms with Crippen LogP contribution in [-0.2, 0) is 0 Å². The molecule has 0 amide bonds. The minimum atomic E-state index is 0.346. The van der Waals surface area contributed by atoms with Crippen LogP contribution in [0.4, 0.5) is 0 Å². The average molecular weight is 212 g/mol. The Morgan fingerprint density at radius 3 is 2.67 bits per heavy atom. The number of nitrogens with one attached hydrogen (secondary N) is 1. The van der Waals surface area contributed by atoms with E-state index in [4.69, 9.17) is 0 Å². The first-order valence-electron chi connectivity index (χ1n) is 6.54. The summed E-state index contributed by atoms with van der Waals surface area (Å²) >= 11 is 0. The van der Waals surface area contributed by atoms with Crippen molar-refractivity contribution in [2.75, 3.05) is 19.6 Å². The molecule has 1 N–H and O–H groups in total. The molecule has 0 bridgehead atoms. The maximum Gasteiger partial charge on any atom is 0.0278 e. The van der Waals surface area contributed by atoms with E-state index in [1.165, 1.54) is 38.8 Å². The normalized spacial score (nSPS) is 26.8. The molecule has 1 fully saturated rings. The maximum atomic E-state index is 3.56. The molecule has 1 atom stereocenters. The number of nitrogens with zero attached hydrogens (tertiary/aromatic N) is 1. The standard InChI is InChI=1S/C13H28N2/c1-5-6-7-8-9-15-10-12(2)14-11-13(15,3)4/h12,14H,5-11H2,1-4H3. The van der Waals surface area contributed by atoms with Crippen LogP contribution in [-0.4, -0.2) is 36.1 Å². The molecule has 15 heavy (non-hydrogen) atoms. The molecule has 0 aliphatic carbocycles. The van der Waals surface area contributed by atoms with E-state index in [0.717, 1.165) is 6.54 Å². The topological polar surface area (TPSA) is 15.3 Å². The van der Waals surface area contributed by atoms with E-state index in [9.17, 15) is 0 Å². The molecule has 0 spiro atoms. The van der Waals surface area contributed by atoms with Gasteiger partial charge in [0.15, 0.2) is 0 Å². The number of rotatable bonds is 5. The van der Waals surface area contributed by atoms with Gasteiger partial charge in [0, 0.05) is 24.7 Å². The van der Waals surface area contributed by atoms with E-state index in [1.54, 1.807) is 0 Å². The summed E-state index contributed by atoms with van der Waals surface area (Å²) in [5.41, 5.74) is 0.346. The van der Waals surface area contributed by atoms with E-state index in [0.29, 0.717) is 11.6 Å². The summed E-state index contributed by atoms with van der Waals surface area (Å²) < 4.78 is 0. The van der Waals surface area contributed by atoms with Crippen molar-refractivity contribution < 1.29 is 0 Å². The Morgan fingerprint density at radius 1 is 1.27 bits per heavy atom. The van der Waals surface area contributed by atoms with Gasteiger partial charge >= 0.3 is 0 Å². The summed E-state index contributed by atoms with van der Waals surface area (Å²) in [5.74, 6) is 0. The zero-order valence-corrected chi connectivity index (χ0v) is 11.0. The zero-order chi connectivity index (χ0) is 11.3. The van der Waals surface area contributed by atoms with Gasteiger partial charge in [0.2, 0.25) is 0 Å². The molecule has 1 unspecified atom stereocenters. The van der Waals surface area contributed by atoms with E-state index in [2.05, 4.69) is 37.9 Å². The molecular formula is C13H28N2. The van der Waals surface area contributed by atoms with Crippen LogP contribution in [0, 0.1) is 0 Å². The van der Waals surface area contributed by atoms with Gasteiger partial charge in [-0.3, -0.25) is 4.90 Å². The van der Waals surface area contributed by atoms with Crippen LogP contribution < -0.4 is 5.32 Å². The third-order valence-corrected chi connectivity index (χ3v) is 3.52. The predicted molar refractivity (Wildman–Crippen MR) is 67.3 cm³/mol. The largest absolute Gasteiger partial charge is 0.311 e. The molecule has 2 heteroatoms. The molecule has 0 saturated carbocycles. The molecule has 0 aromatic heterocycles. The lowest BCUT2D eigenvalue weighted by Gasteiger charge is -2.45. The van der Waals surface area contributed by atoms with E-state index >= 15 is 0 Å². The second-order valence-electron chi connectivity index (χ2n) is 5.60. The Morgan fingerprint density at radius 2 is 2.00 bits per heavy atom. The molecule has 0 radical (unpaired) electrons. The van der Waals surface area contributed by atoms with Crippen LogP contribution >= 0.6 is 0 Å². The van der Waals surface area contributed by atoms with Crippen LogP contribution in [0.1, 0.15) is 53.4 Å². The van der Waals surface area contributed by atoms with Gasteiger partial charge < -0.3 is 5.32 Å².